The van der Waals surface area contributed by atoms with E-state index in [2.05, 4.69) is 15.0 Å². The number of hydrogen-bond donors (Lipinski definition) is 2. The number of benzene rings is 1. The first kappa shape index (κ1) is 21.6. The number of pyridine rings is 1. The van der Waals surface area contributed by atoms with Crippen LogP contribution >= 0.6 is 0 Å². The summed E-state index contributed by atoms with van der Waals surface area (Å²) < 4.78 is 46.1. The van der Waals surface area contributed by atoms with Crippen molar-refractivity contribution in [2.45, 2.75) is 67.4 Å². The van der Waals surface area contributed by atoms with Gasteiger partial charge in [-0.25, -0.2) is 17.9 Å². The average Bonchev–Trinajstić information content (AvgIpc) is 3.37. The molecule has 32 heavy (non-hydrogen) atoms. The summed E-state index contributed by atoms with van der Waals surface area (Å²) in [6.45, 7) is 0.304. The van der Waals surface area contributed by atoms with E-state index < -0.39 is 40.5 Å². The second kappa shape index (κ2) is 8.93. The summed E-state index contributed by atoms with van der Waals surface area (Å²) in [7, 11) is -3.86. The van der Waals surface area contributed by atoms with E-state index in [1.54, 1.807) is 18.3 Å². The molecule has 1 aromatic heterocycles. The molecule has 2 N–H and O–H groups in total. The largest absolute Gasteiger partial charge is 0.441 e. The maximum absolute atomic E-state index is 13.1. The number of rotatable bonds is 5. The molecule has 1 amide bonds. The van der Waals surface area contributed by atoms with Crippen LogP contribution in [0.2, 0.25) is 0 Å². The molecule has 2 saturated heterocycles. The zero-order valence-electron chi connectivity index (χ0n) is 17.6. The van der Waals surface area contributed by atoms with Gasteiger partial charge in [-0.1, -0.05) is 37.5 Å². The highest BCUT2D eigenvalue weighted by Gasteiger charge is 2.50. The minimum atomic E-state index is -3.86. The Hall–Kier alpha value is -2.27. The van der Waals surface area contributed by atoms with E-state index in [4.69, 9.17) is 14.2 Å². The number of para-hydroxylation sites is 1. The molecule has 1 saturated carbocycles. The van der Waals surface area contributed by atoms with Gasteiger partial charge in [0.15, 0.2) is 6.10 Å². The Labute approximate surface area is 186 Å². The average molecular weight is 462 g/mol. The molecule has 3 fully saturated rings. The molecule has 10 heteroatoms. The second-order valence-corrected chi connectivity index (χ2v) is 10.3. The van der Waals surface area contributed by atoms with Crippen LogP contribution in [0.5, 0.6) is 0 Å². The maximum Gasteiger partial charge on any atom is 0.407 e. The van der Waals surface area contributed by atoms with Gasteiger partial charge >= 0.3 is 6.09 Å². The summed E-state index contributed by atoms with van der Waals surface area (Å²) in [4.78, 5) is 16.7. The normalized spacial score (nSPS) is 28.5. The van der Waals surface area contributed by atoms with Gasteiger partial charge < -0.3 is 19.5 Å². The highest BCUT2D eigenvalue weighted by Crippen LogP contribution is 2.31. The monoisotopic (exact) mass is 461 g/mol. The third-order valence-corrected chi connectivity index (χ3v) is 7.91. The maximum atomic E-state index is 13.1. The molecule has 0 spiro atoms. The number of sulfonamides is 1. The minimum absolute atomic E-state index is 0.108. The quantitative estimate of drug-likeness (QED) is 0.701. The summed E-state index contributed by atoms with van der Waals surface area (Å²) in [6.07, 6.45) is 4.84. The van der Waals surface area contributed by atoms with E-state index >= 15 is 0 Å². The van der Waals surface area contributed by atoms with Gasteiger partial charge in [0.2, 0.25) is 10.0 Å². The molecule has 4 atom stereocenters. The van der Waals surface area contributed by atoms with E-state index in [9.17, 15) is 13.2 Å². The lowest BCUT2D eigenvalue weighted by atomic mass is 9.96. The van der Waals surface area contributed by atoms with Crippen molar-refractivity contribution in [1.29, 1.82) is 0 Å². The van der Waals surface area contributed by atoms with Gasteiger partial charge in [-0.3, -0.25) is 4.98 Å². The number of ether oxygens (including phenoxy) is 3. The highest BCUT2D eigenvalue weighted by molar-refractivity contribution is 7.89. The Bertz CT molecular complexity index is 1080. The third-order valence-electron chi connectivity index (χ3n) is 6.39. The molecule has 1 aromatic carbocycles. The molecular formula is C22H27N3O6S. The number of amides is 1. The third kappa shape index (κ3) is 4.32. The number of aromatic nitrogens is 1. The topological polar surface area (TPSA) is 116 Å². The summed E-state index contributed by atoms with van der Waals surface area (Å²) in [6, 6.07) is 8.17. The first-order chi connectivity index (χ1) is 15.5. The smallest absolute Gasteiger partial charge is 0.407 e. The molecule has 0 unspecified atom stereocenters. The Morgan fingerprint density at radius 3 is 2.66 bits per heavy atom. The fourth-order valence-corrected chi connectivity index (χ4v) is 6.22. The molecule has 9 nitrogen and oxygen atoms in total. The van der Waals surface area contributed by atoms with Crippen LogP contribution in [-0.4, -0.2) is 63.1 Å². The molecule has 172 valence electrons. The second-order valence-electron chi connectivity index (χ2n) is 8.58. The van der Waals surface area contributed by atoms with Crippen molar-refractivity contribution in [2.75, 3.05) is 13.2 Å². The lowest BCUT2D eigenvalue weighted by Gasteiger charge is -2.24. The lowest BCUT2D eigenvalue weighted by Crippen LogP contribution is -2.45. The highest BCUT2D eigenvalue weighted by atomic mass is 32.2. The van der Waals surface area contributed by atoms with Gasteiger partial charge in [-0.15, -0.1) is 0 Å². The molecule has 2 aromatic rings. The van der Waals surface area contributed by atoms with Gasteiger partial charge in [0.05, 0.1) is 24.8 Å². The molecule has 0 radical (unpaired) electrons. The Balaban J connectivity index is 1.23. The first-order valence-electron chi connectivity index (χ1n) is 11.1. The van der Waals surface area contributed by atoms with Gasteiger partial charge in [-0.2, -0.15) is 0 Å². The number of nitrogens with zero attached hydrogens (tertiary/aromatic N) is 1. The number of fused-ring (bicyclic) bond motifs is 2. The lowest BCUT2D eigenvalue weighted by molar-refractivity contribution is 0.00281. The zero-order valence-corrected chi connectivity index (χ0v) is 18.4. The molecule has 3 aliphatic rings. The standard InChI is InChI=1S/C22H27N3O6S/c26-22(24-15-8-2-1-3-9-15)31-17-13-30-20-16(12-29-21(17)20)25-32(27,28)18-10-4-6-14-7-5-11-23-19(14)18/h4-7,10-11,15-17,20-21,25H,1-3,8-9,12-13H2,(H,24,26)/t16-,17+,20+,21+/m0/s1. The molecule has 5 rings (SSSR count). The van der Waals surface area contributed by atoms with Crippen LogP contribution in [0.4, 0.5) is 4.79 Å². The van der Waals surface area contributed by atoms with Gasteiger partial charge in [-0.05, 0) is 25.0 Å². The summed E-state index contributed by atoms with van der Waals surface area (Å²) in [5, 5.41) is 3.66. The van der Waals surface area contributed by atoms with Crippen molar-refractivity contribution in [2.24, 2.45) is 0 Å². The van der Waals surface area contributed by atoms with Crippen LogP contribution < -0.4 is 10.0 Å². The molecular weight excluding hydrogens is 434 g/mol. The van der Waals surface area contributed by atoms with E-state index in [1.807, 2.05) is 12.1 Å². The number of nitrogens with one attached hydrogen (secondary N) is 2. The number of carbonyl (C=O) groups excluding carboxylic acids is 1. The predicted molar refractivity (Wildman–Crippen MR) is 116 cm³/mol. The van der Waals surface area contributed by atoms with Crippen LogP contribution in [0.25, 0.3) is 10.9 Å². The predicted octanol–water partition coefficient (Wildman–Crippen LogP) is 2.11. The molecule has 2 aliphatic heterocycles. The zero-order chi connectivity index (χ0) is 22.1. The van der Waals surface area contributed by atoms with Crippen LogP contribution in [-0.2, 0) is 24.2 Å². The van der Waals surface area contributed by atoms with Gasteiger partial charge in [0.25, 0.3) is 0 Å². The van der Waals surface area contributed by atoms with E-state index in [1.165, 1.54) is 12.5 Å². The Kier molecular flexibility index (Phi) is 6.02. The van der Waals surface area contributed by atoms with E-state index in [0.717, 1.165) is 31.1 Å². The van der Waals surface area contributed by atoms with Crippen LogP contribution in [0.1, 0.15) is 32.1 Å². The Morgan fingerprint density at radius 1 is 1.03 bits per heavy atom. The van der Waals surface area contributed by atoms with Crippen LogP contribution in [0.15, 0.2) is 41.4 Å². The number of carbonyl (C=O) groups is 1. The SMILES string of the molecule is O=C(NC1CCCCC1)O[C@@H]1CO[C@H]2[C@@H]1OC[C@@H]2NS(=O)(=O)c1cccc2cccnc12. The molecule has 1 aliphatic carbocycles. The van der Waals surface area contributed by atoms with Gasteiger partial charge in [0.1, 0.15) is 17.1 Å². The number of alkyl carbamates (subject to hydrolysis) is 1. The fraction of sp³-hybridized carbons (Fsp3) is 0.545. The van der Waals surface area contributed by atoms with E-state index in [0.29, 0.717) is 5.52 Å². The fourth-order valence-electron chi connectivity index (χ4n) is 4.81. The summed E-state index contributed by atoms with van der Waals surface area (Å²) in [5.74, 6) is 0. The summed E-state index contributed by atoms with van der Waals surface area (Å²) in [5.41, 5.74) is 0.408. The molecule has 0 bridgehead atoms. The van der Waals surface area contributed by atoms with Crippen LogP contribution in [0.3, 0.4) is 0 Å². The van der Waals surface area contributed by atoms with Crippen molar-refractivity contribution < 1.29 is 27.4 Å². The first-order valence-corrected chi connectivity index (χ1v) is 12.6. The van der Waals surface area contributed by atoms with E-state index in [-0.39, 0.29) is 24.2 Å². The van der Waals surface area contributed by atoms with Crippen molar-refractivity contribution in [3.63, 3.8) is 0 Å². The number of hydrogen-bond acceptors (Lipinski definition) is 7. The van der Waals surface area contributed by atoms with Crippen molar-refractivity contribution in [3.8, 4) is 0 Å². The van der Waals surface area contributed by atoms with Crippen molar-refractivity contribution >= 4 is 27.0 Å². The molecule has 3 heterocycles. The van der Waals surface area contributed by atoms with Crippen LogP contribution in [0, 0.1) is 0 Å². The Morgan fingerprint density at radius 2 is 1.81 bits per heavy atom. The minimum Gasteiger partial charge on any atom is -0.441 e. The van der Waals surface area contributed by atoms with Crippen molar-refractivity contribution in [1.82, 2.24) is 15.0 Å². The van der Waals surface area contributed by atoms with Gasteiger partial charge in [0, 0.05) is 17.6 Å². The van der Waals surface area contributed by atoms with Crippen molar-refractivity contribution in [3.05, 3.63) is 36.5 Å². The summed E-state index contributed by atoms with van der Waals surface area (Å²) >= 11 is 0.